The number of benzene rings is 4. The molecule has 1 unspecified atom stereocenters. The largest absolute Gasteiger partial charge is 0.0761 e. The first-order chi connectivity index (χ1) is 15.8. The normalized spacial score (nSPS) is 17.2. The van der Waals surface area contributed by atoms with Gasteiger partial charge in [-0.25, -0.2) is 0 Å². The first-order valence-electron chi connectivity index (χ1n) is 11.5. The zero-order chi connectivity index (χ0) is 21.5. The molecule has 2 aliphatic carbocycles. The quantitative estimate of drug-likeness (QED) is 0.320. The van der Waals surface area contributed by atoms with Crippen molar-refractivity contribution in [3.63, 3.8) is 0 Å². The molecular weight excluding hydrogens is 384 g/mol. The molecule has 0 radical (unpaired) electrons. The Balaban J connectivity index is 1.76. The Morgan fingerprint density at radius 2 is 1.03 bits per heavy atom. The second kappa shape index (κ2) is 7.50. The highest BCUT2D eigenvalue weighted by Crippen LogP contribution is 2.60. The summed E-state index contributed by atoms with van der Waals surface area (Å²) >= 11 is 0. The summed E-state index contributed by atoms with van der Waals surface area (Å²) in [5.74, 6) is 0.480. The molecule has 6 rings (SSSR count). The lowest BCUT2D eigenvalue weighted by atomic mass is 9.56. The van der Waals surface area contributed by atoms with Crippen LogP contribution >= 0.6 is 0 Å². The van der Waals surface area contributed by atoms with Crippen molar-refractivity contribution in [1.82, 2.24) is 0 Å². The van der Waals surface area contributed by atoms with Crippen molar-refractivity contribution in [2.24, 2.45) is 5.92 Å². The lowest BCUT2D eigenvalue weighted by molar-refractivity contribution is 0.395. The van der Waals surface area contributed by atoms with Crippen molar-refractivity contribution in [3.05, 3.63) is 155 Å². The van der Waals surface area contributed by atoms with E-state index >= 15 is 0 Å². The highest BCUT2D eigenvalue weighted by molar-refractivity contribution is 5.81. The fourth-order valence-electron chi connectivity index (χ4n) is 6.08. The van der Waals surface area contributed by atoms with E-state index in [9.17, 15) is 0 Å². The molecule has 0 aliphatic heterocycles. The molecule has 4 aromatic carbocycles. The first kappa shape index (κ1) is 19.1. The molecule has 1 atom stereocenters. The highest BCUT2D eigenvalue weighted by Gasteiger charge is 2.51. The molecule has 0 bridgehead atoms. The van der Waals surface area contributed by atoms with E-state index in [0.717, 1.165) is 0 Å². The zero-order valence-corrected chi connectivity index (χ0v) is 18.3. The number of fused-ring (bicyclic) bond motifs is 3. The van der Waals surface area contributed by atoms with Crippen molar-refractivity contribution in [1.29, 1.82) is 0 Å². The second-order valence-electron chi connectivity index (χ2n) is 9.00. The van der Waals surface area contributed by atoms with Crippen LogP contribution in [-0.4, -0.2) is 0 Å². The lowest BCUT2D eigenvalue weighted by Gasteiger charge is -2.45. The predicted octanol–water partition coefficient (Wildman–Crippen LogP) is 7.92. The molecule has 0 aromatic heterocycles. The van der Waals surface area contributed by atoms with Crippen LogP contribution in [0.2, 0.25) is 0 Å². The van der Waals surface area contributed by atoms with Crippen LogP contribution in [-0.2, 0) is 5.41 Å². The molecule has 0 N–H and O–H groups in total. The Bertz CT molecular complexity index is 1240. The van der Waals surface area contributed by atoms with E-state index in [2.05, 4.69) is 134 Å². The summed E-state index contributed by atoms with van der Waals surface area (Å²) in [4.78, 5) is 0. The summed E-state index contributed by atoms with van der Waals surface area (Å²) in [6, 6.07) is 40.3. The Hall–Kier alpha value is -3.64. The van der Waals surface area contributed by atoms with Crippen LogP contribution in [0.3, 0.4) is 0 Å². The van der Waals surface area contributed by atoms with Crippen LogP contribution in [0.15, 0.2) is 133 Å². The molecule has 0 heteroatoms. The maximum absolute atomic E-state index is 2.46. The van der Waals surface area contributed by atoms with Crippen LogP contribution in [0, 0.1) is 5.92 Å². The summed E-state index contributed by atoms with van der Waals surface area (Å²) in [7, 11) is 0. The SMILES string of the molecule is CC1=CC(C(c2ccccc2)(c2ccccc2)C2c3ccccc3-c3ccccc32)C=C1. The van der Waals surface area contributed by atoms with Gasteiger partial charge in [0.05, 0.1) is 0 Å². The van der Waals surface area contributed by atoms with Gasteiger partial charge in [-0.2, -0.15) is 0 Å². The molecule has 0 saturated heterocycles. The summed E-state index contributed by atoms with van der Waals surface area (Å²) in [6.07, 6.45) is 7.17. The average Bonchev–Trinajstić information content (AvgIpc) is 3.44. The third-order valence-electron chi connectivity index (χ3n) is 7.33. The average molecular weight is 411 g/mol. The summed E-state index contributed by atoms with van der Waals surface area (Å²) in [6.45, 7) is 2.22. The maximum atomic E-state index is 2.46. The third kappa shape index (κ3) is 2.69. The van der Waals surface area contributed by atoms with Crippen LogP contribution in [0.4, 0.5) is 0 Å². The zero-order valence-electron chi connectivity index (χ0n) is 18.3. The first-order valence-corrected chi connectivity index (χ1v) is 11.5. The smallest absolute Gasteiger partial charge is 0.0409 e. The molecule has 0 nitrogen and oxygen atoms in total. The fourth-order valence-corrected chi connectivity index (χ4v) is 6.08. The Kier molecular flexibility index (Phi) is 4.47. The van der Waals surface area contributed by atoms with Gasteiger partial charge in [-0.15, -0.1) is 0 Å². The van der Waals surface area contributed by atoms with Crippen molar-refractivity contribution >= 4 is 0 Å². The predicted molar refractivity (Wildman–Crippen MR) is 134 cm³/mol. The van der Waals surface area contributed by atoms with Gasteiger partial charge in [0.25, 0.3) is 0 Å². The van der Waals surface area contributed by atoms with Crippen molar-refractivity contribution in [3.8, 4) is 11.1 Å². The number of rotatable bonds is 4. The minimum absolute atomic E-state index is 0.219. The minimum atomic E-state index is -0.251. The summed E-state index contributed by atoms with van der Waals surface area (Å²) in [5, 5.41) is 0. The van der Waals surface area contributed by atoms with E-state index in [1.54, 1.807) is 0 Å². The van der Waals surface area contributed by atoms with Crippen LogP contribution in [0.5, 0.6) is 0 Å². The monoisotopic (exact) mass is 410 g/mol. The highest BCUT2D eigenvalue weighted by atomic mass is 14.5. The van der Waals surface area contributed by atoms with Gasteiger partial charge >= 0.3 is 0 Å². The van der Waals surface area contributed by atoms with Crippen molar-refractivity contribution < 1.29 is 0 Å². The molecule has 0 fully saturated rings. The van der Waals surface area contributed by atoms with E-state index in [1.165, 1.54) is 39.0 Å². The van der Waals surface area contributed by atoms with Crippen molar-refractivity contribution in [2.75, 3.05) is 0 Å². The molecule has 0 heterocycles. The Morgan fingerprint density at radius 3 is 1.50 bits per heavy atom. The molecule has 0 amide bonds. The molecule has 0 saturated carbocycles. The van der Waals surface area contributed by atoms with E-state index < -0.39 is 0 Å². The summed E-state index contributed by atoms with van der Waals surface area (Å²) in [5.41, 5.74) is 9.40. The molecular formula is C32H26. The van der Waals surface area contributed by atoms with Gasteiger partial charge in [0.15, 0.2) is 0 Å². The molecule has 32 heavy (non-hydrogen) atoms. The number of allylic oxidation sites excluding steroid dienone is 4. The fraction of sp³-hybridized carbons (Fsp3) is 0.125. The Labute approximate surface area is 190 Å². The van der Waals surface area contributed by atoms with Gasteiger partial charge in [-0.05, 0) is 40.3 Å². The standard InChI is InChI=1S/C32H26/c1-23-20-21-26(22-23)32(24-12-4-2-5-13-24,25-14-6-3-7-15-25)31-29-18-10-8-16-27(29)28-17-9-11-19-30(28)31/h2-22,26,31H,1H3. The minimum Gasteiger partial charge on any atom is -0.0761 e. The topological polar surface area (TPSA) is 0 Å². The van der Waals surface area contributed by atoms with Gasteiger partial charge in [-0.1, -0.05) is 133 Å². The molecule has 0 spiro atoms. The molecule has 4 aromatic rings. The van der Waals surface area contributed by atoms with E-state index in [4.69, 9.17) is 0 Å². The molecule has 2 aliphatic rings. The van der Waals surface area contributed by atoms with Gasteiger partial charge in [0.1, 0.15) is 0 Å². The molecule has 154 valence electrons. The maximum Gasteiger partial charge on any atom is 0.0409 e. The van der Waals surface area contributed by atoms with Gasteiger partial charge in [-0.3, -0.25) is 0 Å². The number of hydrogen-bond acceptors (Lipinski definition) is 0. The van der Waals surface area contributed by atoms with Crippen LogP contribution in [0.1, 0.15) is 35.1 Å². The third-order valence-corrected chi connectivity index (χ3v) is 7.33. The van der Waals surface area contributed by atoms with Crippen LogP contribution < -0.4 is 0 Å². The van der Waals surface area contributed by atoms with E-state index in [0.29, 0.717) is 0 Å². The van der Waals surface area contributed by atoms with E-state index in [-0.39, 0.29) is 17.3 Å². The summed E-state index contributed by atoms with van der Waals surface area (Å²) < 4.78 is 0. The van der Waals surface area contributed by atoms with Gasteiger partial charge < -0.3 is 0 Å². The second-order valence-corrected chi connectivity index (χ2v) is 9.00. The van der Waals surface area contributed by atoms with E-state index in [1.807, 2.05) is 0 Å². The Morgan fingerprint density at radius 1 is 0.562 bits per heavy atom. The van der Waals surface area contributed by atoms with Gasteiger partial charge in [0, 0.05) is 17.3 Å². The van der Waals surface area contributed by atoms with Gasteiger partial charge in [0.2, 0.25) is 0 Å². The lowest BCUT2D eigenvalue weighted by Crippen LogP contribution is -2.40. The van der Waals surface area contributed by atoms with Crippen molar-refractivity contribution in [2.45, 2.75) is 18.3 Å². The van der Waals surface area contributed by atoms with Crippen LogP contribution in [0.25, 0.3) is 11.1 Å². The number of hydrogen-bond donors (Lipinski definition) is 0.